The fraction of sp³-hybridized carbons (Fsp3) is 0.440. The molecule has 9 heteroatoms. The van der Waals surface area contributed by atoms with E-state index in [4.69, 9.17) is 11.6 Å². The van der Waals surface area contributed by atoms with Gasteiger partial charge in [0, 0.05) is 11.9 Å². The van der Waals surface area contributed by atoms with E-state index in [2.05, 4.69) is 43.7 Å². The molecule has 2 N–H and O–H groups in total. The second kappa shape index (κ2) is 9.00. The highest BCUT2D eigenvalue weighted by Crippen LogP contribution is 2.40. The van der Waals surface area contributed by atoms with Crippen molar-refractivity contribution >= 4 is 34.8 Å². The molecule has 0 spiro atoms. The number of benzene rings is 1. The Morgan fingerprint density at radius 1 is 1.21 bits per heavy atom. The highest BCUT2D eigenvalue weighted by atomic mass is 35.5. The van der Waals surface area contributed by atoms with Crippen LogP contribution in [0.2, 0.25) is 5.02 Å². The minimum absolute atomic E-state index is 0.0299. The first kappa shape index (κ1) is 22.8. The van der Waals surface area contributed by atoms with E-state index in [1.807, 2.05) is 43.1 Å². The van der Waals surface area contributed by atoms with Gasteiger partial charge in [-0.3, -0.25) is 9.48 Å². The molecule has 0 bridgehead atoms. The van der Waals surface area contributed by atoms with Gasteiger partial charge in [-0.25, -0.2) is 9.97 Å². The summed E-state index contributed by atoms with van der Waals surface area (Å²) in [5.41, 5.74) is 4.16. The maximum Gasteiger partial charge on any atom is 0.234 e. The number of carbonyl (C=O) groups is 1. The van der Waals surface area contributed by atoms with Crippen molar-refractivity contribution < 1.29 is 4.79 Å². The van der Waals surface area contributed by atoms with Gasteiger partial charge >= 0.3 is 0 Å². The molecule has 4 heterocycles. The fourth-order valence-electron chi connectivity index (χ4n) is 4.92. The second-order valence-corrected chi connectivity index (χ2v) is 10.2. The lowest BCUT2D eigenvalue weighted by atomic mass is 9.82. The number of nitrogens with zero attached hydrogens (tertiary/aromatic N) is 5. The second-order valence-electron chi connectivity index (χ2n) is 9.78. The van der Waals surface area contributed by atoms with E-state index in [1.54, 1.807) is 6.20 Å². The third-order valence-electron chi connectivity index (χ3n) is 6.96. The lowest BCUT2D eigenvalue weighted by Gasteiger charge is -2.28. The topological polar surface area (TPSA) is 88.0 Å². The van der Waals surface area contributed by atoms with Crippen molar-refractivity contribution in [3.8, 4) is 0 Å². The minimum atomic E-state index is -0.554. The number of aryl methyl sites for hydroxylation is 2. The minimum Gasteiger partial charge on any atom is -0.325 e. The Morgan fingerprint density at radius 2 is 2.00 bits per heavy atom. The van der Waals surface area contributed by atoms with Crippen LogP contribution in [0.4, 0.5) is 17.3 Å². The zero-order valence-corrected chi connectivity index (χ0v) is 20.6. The summed E-state index contributed by atoms with van der Waals surface area (Å²) in [4.78, 5) is 23.8. The molecule has 34 heavy (non-hydrogen) atoms. The van der Waals surface area contributed by atoms with Gasteiger partial charge in [0.05, 0.1) is 40.3 Å². The van der Waals surface area contributed by atoms with Gasteiger partial charge in [-0.1, -0.05) is 23.7 Å². The predicted octanol–water partition coefficient (Wildman–Crippen LogP) is 4.35. The van der Waals surface area contributed by atoms with Gasteiger partial charge in [-0.2, -0.15) is 5.10 Å². The van der Waals surface area contributed by atoms with Crippen LogP contribution in [-0.4, -0.2) is 50.7 Å². The van der Waals surface area contributed by atoms with E-state index in [1.165, 1.54) is 0 Å². The number of piperidine rings is 1. The Kier molecular flexibility index (Phi) is 6.04. The average Bonchev–Trinajstić information content (AvgIpc) is 3.37. The summed E-state index contributed by atoms with van der Waals surface area (Å²) in [5.74, 6) is 0.528. The van der Waals surface area contributed by atoms with Crippen LogP contribution in [0.25, 0.3) is 0 Å². The van der Waals surface area contributed by atoms with Crippen LogP contribution in [0.15, 0.2) is 36.8 Å². The number of amides is 1. The van der Waals surface area contributed by atoms with Gasteiger partial charge in [0.25, 0.3) is 0 Å². The van der Waals surface area contributed by atoms with Gasteiger partial charge in [0.15, 0.2) is 0 Å². The molecule has 1 aromatic carbocycles. The van der Waals surface area contributed by atoms with Crippen molar-refractivity contribution in [2.24, 2.45) is 0 Å². The Balaban J connectivity index is 1.29. The summed E-state index contributed by atoms with van der Waals surface area (Å²) < 4.78 is 2.04. The molecule has 0 atom stereocenters. The number of aromatic nitrogens is 4. The lowest BCUT2D eigenvalue weighted by molar-refractivity contribution is -0.119. The van der Waals surface area contributed by atoms with E-state index < -0.39 is 5.41 Å². The van der Waals surface area contributed by atoms with Crippen LogP contribution in [0.1, 0.15) is 49.6 Å². The van der Waals surface area contributed by atoms with Crippen molar-refractivity contribution in [1.29, 1.82) is 0 Å². The average molecular weight is 480 g/mol. The molecule has 5 rings (SSSR count). The summed E-state index contributed by atoms with van der Waals surface area (Å²) in [6.07, 6.45) is 9.04. The number of nitrogens with one attached hydrogen (secondary N) is 2. The number of rotatable bonds is 6. The first-order chi connectivity index (χ1) is 16.3. The number of halogens is 1. The number of fused-ring (bicyclic) bond motifs is 1. The van der Waals surface area contributed by atoms with Gasteiger partial charge in [0.1, 0.15) is 0 Å². The largest absolute Gasteiger partial charge is 0.325 e. The molecule has 3 aromatic rings. The van der Waals surface area contributed by atoms with Crippen LogP contribution < -0.4 is 10.6 Å². The number of hydrogen-bond acceptors (Lipinski definition) is 6. The van der Waals surface area contributed by atoms with Crippen LogP contribution >= 0.6 is 11.6 Å². The zero-order chi connectivity index (χ0) is 23.9. The first-order valence-electron chi connectivity index (χ1n) is 11.8. The van der Waals surface area contributed by atoms with E-state index in [0.717, 1.165) is 60.5 Å². The number of likely N-dealkylation sites (tertiary alicyclic amines) is 1. The molecule has 0 saturated carbocycles. The van der Waals surface area contributed by atoms with E-state index >= 15 is 0 Å². The highest BCUT2D eigenvalue weighted by Gasteiger charge is 2.39. The van der Waals surface area contributed by atoms with Crippen molar-refractivity contribution in [3.05, 3.63) is 58.6 Å². The molecule has 1 amide bonds. The van der Waals surface area contributed by atoms with Crippen LogP contribution in [0, 0.1) is 0 Å². The maximum absolute atomic E-state index is 12.4. The van der Waals surface area contributed by atoms with Gasteiger partial charge in [-0.15, -0.1) is 0 Å². The van der Waals surface area contributed by atoms with E-state index in [-0.39, 0.29) is 5.91 Å². The Hall–Kier alpha value is -2.97. The molecule has 178 valence electrons. The molecule has 1 fully saturated rings. The number of anilines is 3. The molecule has 0 aliphatic carbocycles. The third kappa shape index (κ3) is 4.40. The molecule has 2 aliphatic heterocycles. The molecular weight excluding hydrogens is 450 g/mol. The van der Waals surface area contributed by atoms with Crippen molar-refractivity contribution in [2.45, 2.75) is 51.0 Å². The molecular formula is C25H30ClN7O. The van der Waals surface area contributed by atoms with E-state index in [9.17, 15) is 4.79 Å². The smallest absolute Gasteiger partial charge is 0.234 e. The number of hydrogen-bond donors (Lipinski definition) is 2. The van der Waals surface area contributed by atoms with Gasteiger partial charge < -0.3 is 15.5 Å². The Morgan fingerprint density at radius 3 is 2.79 bits per heavy atom. The van der Waals surface area contributed by atoms with Crippen molar-refractivity contribution in [3.63, 3.8) is 0 Å². The normalized spacial score (nSPS) is 18.1. The standard InChI is InChI=1S/C25H30ClN7O/c1-25(2)22-16(5-4-6-21(22)30-23(25)34)7-8-20-19(26)14-27-24(31-20)29-17-13-28-33(15-17)18-9-11-32(3)12-10-18/h4-6,13-15,18H,7-12H2,1-3H3,(H,30,34)(H,27,29,31). The molecule has 0 unspecified atom stereocenters. The Bertz CT molecular complexity index is 1210. The van der Waals surface area contributed by atoms with Crippen LogP contribution in [0.3, 0.4) is 0 Å². The van der Waals surface area contributed by atoms with Crippen molar-refractivity contribution in [1.82, 2.24) is 24.6 Å². The van der Waals surface area contributed by atoms with Crippen molar-refractivity contribution in [2.75, 3.05) is 30.8 Å². The summed E-state index contributed by atoms with van der Waals surface area (Å²) in [6.45, 7) is 6.10. The zero-order valence-electron chi connectivity index (χ0n) is 19.8. The quantitative estimate of drug-likeness (QED) is 0.546. The summed E-state index contributed by atoms with van der Waals surface area (Å²) >= 11 is 6.44. The maximum atomic E-state index is 12.4. The fourth-order valence-corrected chi connectivity index (χ4v) is 5.11. The highest BCUT2D eigenvalue weighted by molar-refractivity contribution is 6.31. The van der Waals surface area contributed by atoms with Crippen LogP contribution in [-0.2, 0) is 23.1 Å². The summed E-state index contributed by atoms with van der Waals surface area (Å²) in [7, 11) is 2.16. The lowest BCUT2D eigenvalue weighted by Crippen LogP contribution is -2.31. The molecule has 1 saturated heterocycles. The predicted molar refractivity (Wildman–Crippen MR) is 134 cm³/mol. The van der Waals surface area contributed by atoms with Gasteiger partial charge in [0.2, 0.25) is 11.9 Å². The Labute approximate surface area is 204 Å². The molecule has 0 radical (unpaired) electrons. The van der Waals surface area contributed by atoms with E-state index in [0.29, 0.717) is 23.4 Å². The molecule has 2 aliphatic rings. The van der Waals surface area contributed by atoms with Gasteiger partial charge in [-0.05, 0) is 76.9 Å². The molecule has 2 aromatic heterocycles. The monoisotopic (exact) mass is 479 g/mol. The summed E-state index contributed by atoms with van der Waals surface area (Å²) in [5, 5.41) is 11.3. The first-order valence-corrected chi connectivity index (χ1v) is 12.1. The molecule has 8 nitrogen and oxygen atoms in total. The third-order valence-corrected chi connectivity index (χ3v) is 7.28. The summed E-state index contributed by atoms with van der Waals surface area (Å²) in [6, 6.07) is 6.43. The SMILES string of the molecule is CN1CCC(n2cc(Nc3ncc(Cl)c(CCc4cccc5c4C(C)(C)C(=O)N5)n3)cn2)CC1. The van der Waals surface area contributed by atoms with Crippen LogP contribution in [0.5, 0.6) is 0 Å². The number of carbonyl (C=O) groups excluding carboxylic acids is 1.